The molecule has 4 nitrogen and oxygen atoms in total. The third-order valence-electron chi connectivity index (χ3n) is 3.23. The first-order chi connectivity index (χ1) is 6.79. The predicted octanol–water partition coefficient (Wildman–Crippen LogP) is -0.789. The Morgan fingerprint density at radius 1 is 1.43 bits per heavy atom. The Bertz CT molecular complexity index is 213. The molecule has 2 fully saturated rings. The summed E-state index contributed by atoms with van der Waals surface area (Å²) in [6.45, 7) is 3.75. The van der Waals surface area contributed by atoms with E-state index >= 15 is 0 Å². The van der Waals surface area contributed by atoms with Crippen LogP contribution in [0.4, 0.5) is 0 Å². The number of rotatable bonds is 2. The van der Waals surface area contributed by atoms with E-state index < -0.39 is 0 Å². The second-order valence-corrected chi connectivity index (χ2v) is 4.25. The minimum atomic E-state index is 0.0364. The first-order valence-electron chi connectivity index (χ1n) is 5.47. The molecule has 80 valence electrons. The molecule has 2 rings (SSSR count). The van der Waals surface area contributed by atoms with Crippen molar-refractivity contribution < 1.29 is 4.79 Å². The van der Waals surface area contributed by atoms with Gasteiger partial charge in [0.2, 0.25) is 0 Å². The number of hydrogen-bond acceptors (Lipinski definition) is 4. The van der Waals surface area contributed by atoms with E-state index in [-0.39, 0.29) is 12.1 Å². The van der Waals surface area contributed by atoms with Gasteiger partial charge >= 0.3 is 0 Å². The predicted molar refractivity (Wildman–Crippen MR) is 55.3 cm³/mol. The van der Waals surface area contributed by atoms with Crippen LogP contribution in [0.25, 0.3) is 0 Å². The van der Waals surface area contributed by atoms with E-state index in [0.29, 0.717) is 5.78 Å². The molecule has 1 unspecified atom stereocenters. The molecule has 2 atom stereocenters. The van der Waals surface area contributed by atoms with Crippen LogP contribution in [0.1, 0.15) is 12.8 Å². The Morgan fingerprint density at radius 2 is 2.29 bits per heavy atom. The van der Waals surface area contributed by atoms with Crippen LogP contribution in [0.3, 0.4) is 0 Å². The molecule has 0 amide bonds. The smallest absolute Gasteiger partial charge is 0.168 e. The number of nitrogens with zero attached hydrogens (tertiary/aromatic N) is 1. The standard InChI is InChI=1S/C10H19N3O/c1-13-6-2-3-9(13)10(14)8-7-11-4-5-12-8/h8-9,11-12H,2-7H2,1H3/t8?,9-/m0/s1. The van der Waals surface area contributed by atoms with Crippen LogP contribution in [0.2, 0.25) is 0 Å². The molecule has 0 aromatic rings. The second-order valence-electron chi connectivity index (χ2n) is 4.25. The quantitative estimate of drug-likeness (QED) is 0.609. The monoisotopic (exact) mass is 197 g/mol. The summed E-state index contributed by atoms with van der Waals surface area (Å²) in [5.41, 5.74) is 0. The lowest BCUT2D eigenvalue weighted by Crippen LogP contribution is -2.56. The summed E-state index contributed by atoms with van der Waals surface area (Å²) >= 11 is 0. The van der Waals surface area contributed by atoms with Gasteiger partial charge in [-0.15, -0.1) is 0 Å². The fourth-order valence-corrected chi connectivity index (χ4v) is 2.36. The molecule has 2 N–H and O–H groups in total. The van der Waals surface area contributed by atoms with Crippen LogP contribution in [-0.4, -0.2) is 56.0 Å². The van der Waals surface area contributed by atoms with Gasteiger partial charge in [0.15, 0.2) is 5.78 Å². The highest BCUT2D eigenvalue weighted by Crippen LogP contribution is 2.16. The molecule has 0 bridgehead atoms. The maximum absolute atomic E-state index is 12.1. The van der Waals surface area contributed by atoms with E-state index in [4.69, 9.17) is 0 Å². The minimum Gasteiger partial charge on any atom is -0.313 e. The third-order valence-corrected chi connectivity index (χ3v) is 3.23. The average Bonchev–Trinajstić information content (AvgIpc) is 2.65. The van der Waals surface area contributed by atoms with Crippen molar-refractivity contribution in [2.45, 2.75) is 24.9 Å². The minimum absolute atomic E-state index is 0.0364. The molecule has 0 radical (unpaired) electrons. The molecule has 0 aliphatic carbocycles. The summed E-state index contributed by atoms with van der Waals surface area (Å²) in [5, 5.41) is 6.53. The van der Waals surface area contributed by atoms with Crippen molar-refractivity contribution in [2.75, 3.05) is 33.2 Å². The van der Waals surface area contributed by atoms with E-state index in [1.54, 1.807) is 0 Å². The molecule has 0 aromatic carbocycles. The molecule has 2 aliphatic heterocycles. The first kappa shape index (κ1) is 10.1. The average molecular weight is 197 g/mol. The second kappa shape index (κ2) is 4.38. The number of Topliss-reactive ketones (excluding diaryl/α,β-unsaturated/α-hetero) is 1. The number of ketones is 1. The molecule has 2 aliphatic rings. The summed E-state index contributed by atoms with van der Waals surface area (Å²) < 4.78 is 0. The Kier molecular flexibility index (Phi) is 3.15. The molecule has 2 heterocycles. The number of carbonyl (C=O) groups is 1. The fraction of sp³-hybridized carbons (Fsp3) is 0.900. The number of piperazine rings is 1. The first-order valence-corrected chi connectivity index (χ1v) is 5.47. The van der Waals surface area contributed by atoms with Crippen molar-refractivity contribution in [3.8, 4) is 0 Å². The molecule has 0 spiro atoms. The summed E-state index contributed by atoms with van der Waals surface area (Å²) in [6.07, 6.45) is 2.20. The zero-order valence-corrected chi connectivity index (χ0v) is 8.75. The van der Waals surface area contributed by atoms with Crippen molar-refractivity contribution >= 4 is 5.78 Å². The maximum Gasteiger partial charge on any atom is 0.168 e. The number of likely N-dealkylation sites (tertiary alicyclic amines) is 1. The zero-order valence-electron chi connectivity index (χ0n) is 8.75. The van der Waals surface area contributed by atoms with E-state index in [1.807, 2.05) is 7.05 Å². The number of likely N-dealkylation sites (N-methyl/N-ethyl adjacent to an activating group) is 1. The summed E-state index contributed by atoms with van der Waals surface area (Å²) in [4.78, 5) is 14.2. The Labute approximate surface area is 85.0 Å². The molecule has 0 aromatic heterocycles. The largest absolute Gasteiger partial charge is 0.313 e. The molecule has 0 saturated carbocycles. The van der Waals surface area contributed by atoms with Gasteiger partial charge in [-0.05, 0) is 26.4 Å². The third kappa shape index (κ3) is 1.97. The molecule has 4 heteroatoms. The van der Waals surface area contributed by atoms with Gasteiger partial charge in [0.05, 0.1) is 12.1 Å². The van der Waals surface area contributed by atoms with Gasteiger partial charge in [-0.1, -0.05) is 0 Å². The van der Waals surface area contributed by atoms with Gasteiger partial charge in [-0.3, -0.25) is 9.69 Å². The number of nitrogens with one attached hydrogen (secondary N) is 2. The lowest BCUT2D eigenvalue weighted by Gasteiger charge is -2.28. The van der Waals surface area contributed by atoms with Gasteiger partial charge in [0.25, 0.3) is 0 Å². The topological polar surface area (TPSA) is 44.4 Å². The van der Waals surface area contributed by atoms with Crippen LogP contribution >= 0.6 is 0 Å². The van der Waals surface area contributed by atoms with Gasteiger partial charge in [0, 0.05) is 19.6 Å². The highest BCUT2D eigenvalue weighted by Gasteiger charge is 2.32. The summed E-state index contributed by atoms with van der Waals surface area (Å²) in [6, 6.07) is 0.196. The molecule has 14 heavy (non-hydrogen) atoms. The van der Waals surface area contributed by atoms with Crippen LogP contribution < -0.4 is 10.6 Å². The van der Waals surface area contributed by atoms with E-state index in [1.165, 1.54) is 0 Å². The Morgan fingerprint density at radius 3 is 2.86 bits per heavy atom. The van der Waals surface area contributed by atoms with Crippen molar-refractivity contribution in [3.63, 3.8) is 0 Å². The summed E-state index contributed by atoms with van der Waals surface area (Å²) in [5.74, 6) is 0.372. The van der Waals surface area contributed by atoms with Crippen LogP contribution in [-0.2, 0) is 4.79 Å². The highest BCUT2D eigenvalue weighted by atomic mass is 16.1. The van der Waals surface area contributed by atoms with Crippen molar-refractivity contribution in [1.29, 1.82) is 0 Å². The maximum atomic E-state index is 12.1. The SMILES string of the molecule is CN1CCC[C@H]1C(=O)C1CNCCN1. The Hall–Kier alpha value is -0.450. The fourth-order valence-electron chi connectivity index (χ4n) is 2.36. The van der Waals surface area contributed by atoms with Crippen molar-refractivity contribution in [3.05, 3.63) is 0 Å². The highest BCUT2D eigenvalue weighted by molar-refractivity contribution is 5.89. The number of hydrogen-bond donors (Lipinski definition) is 2. The summed E-state index contributed by atoms with van der Waals surface area (Å²) in [7, 11) is 2.05. The molecular formula is C10H19N3O. The van der Waals surface area contributed by atoms with Gasteiger partial charge < -0.3 is 10.6 Å². The van der Waals surface area contributed by atoms with Crippen molar-refractivity contribution in [1.82, 2.24) is 15.5 Å². The van der Waals surface area contributed by atoms with Gasteiger partial charge in [0.1, 0.15) is 0 Å². The lowest BCUT2D eigenvalue weighted by atomic mass is 10.0. The number of carbonyl (C=O) groups excluding carboxylic acids is 1. The van der Waals surface area contributed by atoms with Crippen LogP contribution in [0.15, 0.2) is 0 Å². The lowest BCUT2D eigenvalue weighted by molar-refractivity contribution is -0.125. The van der Waals surface area contributed by atoms with E-state index in [2.05, 4.69) is 15.5 Å². The van der Waals surface area contributed by atoms with E-state index in [0.717, 1.165) is 39.0 Å². The van der Waals surface area contributed by atoms with Crippen LogP contribution in [0, 0.1) is 0 Å². The molecular weight excluding hydrogens is 178 g/mol. The van der Waals surface area contributed by atoms with Gasteiger partial charge in [-0.25, -0.2) is 0 Å². The molecule has 2 saturated heterocycles. The van der Waals surface area contributed by atoms with Crippen LogP contribution in [0.5, 0.6) is 0 Å². The van der Waals surface area contributed by atoms with Gasteiger partial charge in [-0.2, -0.15) is 0 Å². The van der Waals surface area contributed by atoms with E-state index in [9.17, 15) is 4.79 Å². The van der Waals surface area contributed by atoms with Crippen molar-refractivity contribution in [2.24, 2.45) is 0 Å². The Balaban J connectivity index is 1.92. The normalized spacial score (nSPS) is 34.6. The zero-order chi connectivity index (χ0) is 9.97.